The van der Waals surface area contributed by atoms with Crippen molar-refractivity contribution in [1.82, 2.24) is 0 Å². The Bertz CT molecular complexity index is 1730. The van der Waals surface area contributed by atoms with E-state index >= 15 is 0 Å². The third-order valence-electron chi connectivity index (χ3n) is 10.4. The van der Waals surface area contributed by atoms with Crippen molar-refractivity contribution in [2.75, 3.05) is 9.80 Å². The maximum atomic E-state index is 2.49. The minimum Gasteiger partial charge on any atom is -0.314 e. The molecule has 0 amide bonds. The lowest BCUT2D eigenvalue weighted by Gasteiger charge is -2.42. The fourth-order valence-electron chi connectivity index (χ4n) is 7.64. The van der Waals surface area contributed by atoms with Crippen LogP contribution in [0.5, 0.6) is 0 Å². The van der Waals surface area contributed by atoms with E-state index in [0.717, 1.165) is 19.3 Å². The standard InChI is InChI=1S/C46H52N2/c1-6-8-12-40(7-2)47(41-23-13-35(3)14-24-41)44-29-19-38(20-30-44)46(33-10-9-11-34-46)39-21-31-45(32-22-39)48(42-25-15-36(4)16-26-42)43-27-17-37(5)18-28-43/h7-8,12-21,23-31H,6,9-11,22,32-34H2,1-5H3/b12-8-,40-7+. The second-order valence-electron chi connectivity index (χ2n) is 13.7. The molecule has 0 heterocycles. The first-order valence-corrected chi connectivity index (χ1v) is 18.1. The van der Waals surface area contributed by atoms with E-state index in [2.05, 4.69) is 172 Å². The molecule has 0 bridgehead atoms. The molecule has 0 atom stereocenters. The Morgan fingerprint density at radius 2 is 1.12 bits per heavy atom. The maximum absolute atomic E-state index is 2.49. The van der Waals surface area contributed by atoms with Crippen LogP contribution < -0.4 is 9.80 Å². The zero-order valence-corrected chi connectivity index (χ0v) is 29.7. The van der Waals surface area contributed by atoms with E-state index in [4.69, 9.17) is 0 Å². The van der Waals surface area contributed by atoms with Crippen LogP contribution in [0.3, 0.4) is 0 Å². The fraction of sp³-hybridized carbons (Fsp3) is 0.304. The van der Waals surface area contributed by atoms with Crippen molar-refractivity contribution in [3.8, 4) is 0 Å². The number of anilines is 4. The molecule has 2 heteroatoms. The predicted octanol–water partition coefficient (Wildman–Crippen LogP) is 13.3. The Labute approximate surface area is 289 Å². The van der Waals surface area contributed by atoms with Crippen molar-refractivity contribution in [2.45, 2.75) is 91.4 Å². The lowest BCUT2D eigenvalue weighted by atomic mass is 9.63. The summed E-state index contributed by atoms with van der Waals surface area (Å²) >= 11 is 0. The minimum absolute atomic E-state index is 0.0948. The average Bonchev–Trinajstić information content (AvgIpc) is 3.13. The molecule has 2 nitrogen and oxygen atoms in total. The summed E-state index contributed by atoms with van der Waals surface area (Å²) in [5.41, 5.74) is 14.4. The number of rotatable bonds is 10. The first kappa shape index (κ1) is 33.3. The summed E-state index contributed by atoms with van der Waals surface area (Å²) in [6, 6.07) is 36.4. The summed E-state index contributed by atoms with van der Waals surface area (Å²) in [5, 5.41) is 0. The van der Waals surface area contributed by atoms with Gasteiger partial charge in [0.2, 0.25) is 0 Å². The molecule has 4 aromatic carbocycles. The zero-order valence-electron chi connectivity index (χ0n) is 29.7. The Kier molecular flexibility index (Phi) is 10.5. The number of allylic oxidation sites excluding steroid dienone is 7. The lowest BCUT2D eigenvalue weighted by molar-refractivity contribution is 0.331. The molecule has 0 aliphatic heterocycles. The number of hydrogen-bond donors (Lipinski definition) is 0. The van der Waals surface area contributed by atoms with Crippen LogP contribution in [0.1, 0.15) is 87.5 Å². The van der Waals surface area contributed by atoms with E-state index in [0.29, 0.717) is 0 Å². The molecule has 6 rings (SSSR count). The van der Waals surface area contributed by atoms with Crippen molar-refractivity contribution < 1.29 is 0 Å². The van der Waals surface area contributed by atoms with Crippen LogP contribution in [0, 0.1) is 20.8 Å². The Morgan fingerprint density at radius 1 is 0.625 bits per heavy atom. The molecule has 48 heavy (non-hydrogen) atoms. The third kappa shape index (κ3) is 7.14. The lowest BCUT2D eigenvalue weighted by Crippen LogP contribution is -2.33. The Hall–Kier alpha value is -4.56. The summed E-state index contributed by atoms with van der Waals surface area (Å²) in [6.45, 7) is 10.8. The molecule has 2 aliphatic carbocycles. The number of hydrogen-bond acceptors (Lipinski definition) is 2. The van der Waals surface area contributed by atoms with E-state index < -0.39 is 0 Å². The van der Waals surface area contributed by atoms with Gasteiger partial charge in [0, 0.05) is 39.6 Å². The first-order chi connectivity index (χ1) is 23.4. The molecule has 0 unspecified atom stereocenters. The molecule has 0 aromatic heterocycles. The van der Waals surface area contributed by atoms with Gasteiger partial charge in [0.15, 0.2) is 0 Å². The van der Waals surface area contributed by atoms with Gasteiger partial charge in [-0.3, -0.25) is 0 Å². The van der Waals surface area contributed by atoms with E-state index in [-0.39, 0.29) is 5.41 Å². The summed E-state index contributed by atoms with van der Waals surface area (Å²) in [6.07, 6.45) is 21.1. The zero-order chi connectivity index (χ0) is 33.5. The highest BCUT2D eigenvalue weighted by Crippen LogP contribution is 2.49. The van der Waals surface area contributed by atoms with E-state index in [1.165, 1.54) is 88.5 Å². The molecule has 1 saturated carbocycles. The van der Waals surface area contributed by atoms with Crippen molar-refractivity contribution in [3.05, 3.63) is 167 Å². The average molecular weight is 633 g/mol. The summed E-state index contributed by atoms with van der Waals surface area (Å²) in [4.78, 5) is 4.85. The van der Waals surface area contributed by atoms with E-state index in [1.54, 1.807) is 5.57 Å². The van der Waals surface area contributed by atoms with E-state index in [9.17, 15) is 0 Å². The van der Waals surface area contributed by atoms with Gasteiger partial charge in [-0.2, -0.15) is 0 Å². The fourth-order valence-corrected chi connectivity index (χ4v) is 7.64. The van der Waals surface area contributed by atoms with Crippen LogP contribution in [0.15, 0.2) is 144 Å². The summed E-state index contributed by atoms with van der Waals surface area (Å²) in [7, 11) is 0. The molecule has 0 radical (unpaired) electrons. The molecular weight excluding hydrogens is 581 g/mol. The third-order valence-corrected chi connectivity index (χ3v) is 10.4. The van der Waals surface area contributed by atoms with Crippen LogP contribution in [0.2, 0.25) is 0 Å². The SMILES string of the molecule is C/C=C(\C=C/CC)N(c1ccc(C)cc1)c1ccc(C2(C3=CC=C(N(c4ccc(C)cc4)c4ccc(C)cc4)CC3)CCCCC2)cc1. The van der Waals surface area contributed by atoms with Gasteiger partial charge in [0.1, 0.15) is 0 Å². The van der Waals surface area contributed by atoms with Crippen molar-refractivity contribution in [3.63, 3.8) is 0 Å². The highest BCUT2D eigenvalue weighted by atomic mass is 15.2. The summed E-state index contributed by atoms with van der Waals surface area (Å²) in [5.74, 6) is 0. The van der Waals surface area contributed by atoms with Gasteiger partial charge < -0.3 is 9.80 Å². The van der Waals surface area contributed by atoms with Crippen molar-refractivity contribution in [1.29, 1.82) is 0 Å². The number of aryl methyl sites for hydroxylation is 3. The maximum Gasteiger partial charge on any atom is 0.0461 e. The highest BCUT2D eigenvalue weighted by Gasteiger charge is 2.38. The molecule has 0 spiro atoms. The van der Waals surface area contributed by atoms with Gasteiger partial charge in [-0.05, 0) is 126 Å². The molecule has 1 fully saturated rings. The van der Waals surface area contributed by atoms with E-state index in [1.807, 2.05) is 0 Å². The van der Waals surface area contributed by atoms with Crippen molar-refractivity contribution in [2.24, 2.45) is 0 Å². The second-order valence-corrected chi connectivity index (χ2v) is 13.7. The number of benzene rings is 4. The monoisotopic (exact) mass is 632 g/mol. The van der Waals surface area contributed by atoms with Gasteiger partial charge in [-0.1, -0.05) is 115 Å². The van der Waals surface area contributed by atoms with Crippen molar-refractivity contribution >= 4 is 22.7 Å². The van der Waals surface area contributed by atoms with Gasteiger partial charge in [0.05, 0.1) is 0 Å². The van der Waals surface area contributed by atoms with Crippen LogP contribution in [0.25, 0.3) is 0 Å². The quantitative estimate of drug-likeness (QED) is 0.161. The minimum atomic E-state index is 0.0948. The molecular formula is C46H52N2. The first-order valence-electron chi connectivity index (χ1n) is 18.1. The second kappa shape index (κ2) is 15.1. The normalized spacial score (nSPS) is 16.4. The van der Waals surface area contributed by atoms with Gasteiger partial charge in [-0.25, -0.2) is 0 Å². The van der Waals surface area contributed by atoms with Gasteiger partial charge in [-0.15, -0.1) is 0 Å². The van der Waals surface area contributed by atoms with Gasteiger partial charge in [0.25, 0.3) is 0 Å². The Balaban J connectivity index is 1.36. The van der Waals surface area contributed by atoms with Crippen LogP contribution in [-0.4, -0.2) is 0 Å². The highest BCUT2D eigenvalue weighted by molar-refractivity contribution is 5.72. The predicted molar refractivity (Wildman–Crippen MR) is 208 cm³/mol. The summed E-state index contributed by atoms with van der Waals surface area (Å²) < 4.78 is 0. The smallest absolute Gasteiger partial charge is 0.0461 e. The molecule has 2 aliphatic rings. The molecule has 0 saturated heterocycles. The molecule has 0 N–H and O–H groups in total. The number of nitrogens with zero attached hydrogens (tertiary/aromatic N) is 2. The molecule has 246 valence electrons. The largest absolute Gasteiger partial charge is 0.314 e. The van der Waals surface area contributed by atoms with Crippen LogP contribution in [0.4, 0.5) is 22.7 Å². The van der Waals surface area contributed by atoms with Crippen LogP contribution >= 0.6 is 0 Å². The van der Waals surface area contributed by atoms with Crippen LogP contribution in [-0.2, 0) is 5.41 Å². The Morgan fingerprint density at radius 3 is 1.58 bits per heavy atom. The molecule has 4 aromatic rings. The topological polar surface area (TPSA) is 6.48 Å². The van der Waals surface area contributed by atoms with Gasteiger partial charge >= 0.3 is 0 Å².